The van der Waals surface area contributed by atoms with Crippen LogP contribution in [0.1, 0.15) is 11.4 Å². The van der Waals surface area contributed by atoms with E-state index in [9.17, 15) is 0 Å². The van der Waals surface area contributed by atoms with Crippen molar-refractivity contribution >= 4 is 23.2 Å². The summed E-state index contributed by atoms with van der Waals surface area (Å²) in [5.74, 6) is 0.751. The Balaban J connectivity index is 1.90. The van der Waals surface area contributed by atoms with Crippen molar-refractivity contribution in [3.63, 3.8) is 0 Å². The number of benzene rings is 1. The van der Waals surface area contributed by atoms with Crippen LogP contribution in [-0.2, 0) is 17.8 Å². The number of rotatable bonds is 7. The highest BCUT2D eigenvalue weighted by atomic mass is 35.5. The minimum Gasteiger partial charge on any atom is -0.383 e. The molecule has 5 nitrogen and oxygen atoms in total. The van der Waals surface area contributed by atoms with E-state index in [1.165, 1.54) is 0 Å². The molecule has 20 heavy (non-hydrogen) atoms. The van der Waals surface area contributed by atoms with Crippen LogP contribution in [0.3, 0.4) is 0 Å². The lowest BCUT2D eigenvalue weighted by atomic mass is 10.2. The van der Waals surface area contributed by atoms with Gasteiger partial charge in [-0.05, 0) is 17.7 Å². The van der Waals surface area contributed by atoms with Gasteiger partial charge in [-0.25, -0.2) is 9.67 Å². The molecular formula is C13H16Cl2N4O. The summed E-state index contributed by atoms with van der Waals surface area (Å²) in [6.45, 7) is 2.68. The van der Waals surface area contributed by atoms with Crippen molar-refractivity contribution in [1.29, 1.82) is 0 Å². The lowest BCUT2D eigenvalue weighted by molar-refractivity contribution is 0.199. The summed E-state index contributed by atoms with van der Waals surface area (Å²) >= 11 is 11.9. The Bertz CT molecular complexity index is 559. The fourth-order valence-corrected chi connectivity index (χ4v) is 2.01. The van der Waals surface area contributed by atoms with Crippen molar-refractivity contribution in [2.45, 2.75) is 13.1 Å². The molecule has 1 aromatic heterocycles. The highest BCUT2D eigenvalue weighted by Gasteiger charge is 2.03. The summed E-state index contributed by atoms with van der Waals surface area (Å²) in [5, 5.41) is 8.68. The molecule has 0 bridgehead atoms. The fraction of sp³-hybridized carbons (Fsp3) is 0.385. The van der Waals surface area contributed by atoms with E-state index in [2.05, 4.69) is 15.4 Å². The lowest BCUT2D eigenvalue weighted by Crippen LogP contribution is -2.19. The minimum atomic E-state index is 0.547. The molecule has 0 amide bonds. The molecule has 0 aliphatic rings. The van der Waals surface area contributed by atoms with Crippen LogP contribution in [0.4, 0.5) is 0 Å². The number of methoxy groups -OCH3 is 1. The minimum absolute atomic E-state index is 0.547. The topological polar surface area (TPSA) is 52.0 Å². The number of nitrogens with one attached hydrogen (secondary N) is 1. The van der Waals surface area contributed by atoms with Gasteiger partial charge in [-0.15, -0.1) is 0 Å². The van der Waals surface area contributed by atoms with Gasteiger partial charge in [0.05, 0.1) is 29.7 Å². The summed E-state index contributed by atoms with van der Waals surface area (Å²) in [6.07, 6.45) is 1.70. The van der Waals surface area contributed by atoms with Gasteiger partial charge in [-0.2, -0.15) is 5.10 Å². The van der Waals surface area contributed by atoms with E-state index in [-0.39, 0.29) is 0 Å². The number of halogens is 2. The number of aromatic nitrogens is 3. The van der Waals surface area contributed by atoms with Crippen LogP contribution in [0, 0.1) is 0 Å². The molecule has 108 valence electrons. The molecule has 0 aliphatic heterocycles. The van der Waals surface area contributed by atoms with Crippen LogP contribution < -0.4 is 5.32 Å². The first-order valence-corrected chi connectivity index (χ1v) is 6.96. The van der Waals surface area contributed by atoms with Crippen LogP contribution in [0.5, 0.6) is 0 Å². The number of ether oxygens (including phenoxy) is 1. The molecule has 0 fully saturated rings. The maximum Gasteiger partial charge on any atom is 0.164 e. The van der Waals surface area contributed by atoms with E-state index >= 15 is 0 Å². The third kappa shape index (κ3) is 4.45. The summed E-state index contributed by atoms with van der Waals surface area (Å²) in [7, 11) is 1.67. The summed E-state index contributed by atoms with van der Waals surface area (Å²) in [4.78, 5) is 4.24. The fourth-order valence-electron chi connectivity index (χ4n) is 1.69. The molecule has 0 unspecified atom stereocenters. The van der Waals surface area contributed by atoms with Gasteiger partial charge in [0.1, 0.15) is 6.33 Å². The molecule has 0 radical (unpaired) electrons. The van der Waals surface area contributed by atoms with Crippen molar-refractivity contribution in [2.75, 3.05) is 20.3 Å². The predicted octanol–water partition coefficient (Wildman–Crippen LogP) is 2.37. The first kappa shape index (κ1) is 15.3. The van der Waals surface area contributed by atoms with Gasteiger partial charge >= 0.3 is 0 Å². The maximum absolute atomic E-state index is 5.98. The van der Waals surface area contributed by atoms with E-state index in [0.717, 1.165) is 17.9 Å². The third-order valence-electron chi connectivity index (χ3n) is 2.68. The summed E-state index contributed by atoms with van der Waals surface area (Å²) in [6, 6.07) is 5.54. The normalized spacial score (nSPS) is 10.9. The van der Waals surface area contributed by atoms with Crippen molar-refractivity contribution in [1.82, 2.24) is 20.1 Å². The Labute approximate surface area is 127 Å². The third-order valence-corrected chi connectivity index (χ3v) is 3.42. The van der Waals surface area contributed by atoms with Crippen LogP contribution in [-0.4, -0.2) is 35.0 Å². The Morgan fingerprint density at radius 3 is 2.90 bits per heavy atom. The van der Waals surface area contributed by atoms with E-state index < -0.39 is 0 Å². The molecule has 0 saturated heterocycles. The second kappa shape index (κ2) is 7.59. The Hall–Kier alpha value is -1.14. The average molecular weight is 315 g/mol. The number of hydrogen-bond donors (Lipinski definition) is 1. The van der Waals surface area contributed by atoms with Crippen LogP contribution in [0.15, 0.2) is 24.5 Å². The molecule has 0 saturated carbocycles. The Morgan fingerprint density at radius 1 is 1.30 bits per heavy atom. The predicted molar refractivity (Wildman–Crippen MR) is 79.2 cm³/mol. The first-order chi connectivity index (χ1) is 9.69. The molecule has 0 spiro atoms. The average Bonchev–Trinajstić information content (AvgIpc) is 2.87. The summed E-state index contributed by atoms with van der Waals surface area (Å²) in [5.41, 5.74) is 1.03. The van der Waals surface area contributed by atoms with Crippen LogP contribution in [0.25, 0.3) is 0 Å². The molecule has 0 atom stereocenters. The zero-order chi connectivity index (χ0) is 14.4. The van der Waals surface area contributed by atoms with Gasteiger partial charge in [0.2, 0.25) is 0 Å². The molecule has 7 heteroatoms. The molecule has 2 aromatic rings. The molecule has 1 N–H and O–H groups in total. The molecule has 1 heterocycles. The quantitative estimate of drug-likeness (QED) is 0.797. The van der Waals surface area contributed by atoms with Crippen molar-refractivity contribution in [2.24, 2.45) is 0 Å². The Morgan fingerprint density at radius 2 is 2.15 bits per heavy atom. The molecule has 0 aliphatic carbocycles. The van der Waals surface area contributed by atoms with Crippen LogP contribution >= 0.6 is 23.2 Å². The first-order valence-electron chi connectivity index (χ1n) is 6.21. The highest BCUT2D eigenvalue weighted by molar-refractivity contribution is 6.42. The Kier molecular flexibility index (Phi) is 5.79. The smallest absolute Gasteiger partial charge is 0.164 e. The number of hydrogen-bond acceptors (Lipinski definition) is 4. The highest BCUT2D eigenvalue weighted by Crippen LogP contribution is 2.22. The zero-order valence-corrected chi connectivity index (χ0v) is 12.7. The zero-order valence-electron chi connectivity index (χ0n) is 11.1. The molecule has 2 rings (SSSR count). The van der Waals surface area contributed by atoms with Gasteiger partial charge in [0.15, 0.2) is 5.82 Å². The van der Waals surface area contributed by atoms with Crippen LogP contribution in [0.2, 0.25) is 10.0 Å². The second-order valence-corrected chi connectivity index (χ2v) is 5.09. The standard InChI is InChI=1S/C13H16Cl2N4O/c1-20-5-4-16-7-13-17-9-19(18-13)8-10-2-3-11(14)12(15)6-10/h2-3,6,9,16H,4-5,7-8H2,1H3. The SMILES string of the molecule is COCCNCc1ncn(Cc2ccc(Cl)c(Cl)c2)n1. The maximum atomic E-state index is 5.98. The van der Waals surface area contributed by atoms with Gasteiger partial charge in [0.25, 0.3) is 0 Å². The van der Waals surface area contributed by atoms with E-state index in [4.69, 9.17) is 27.9 Å². The monoisotopic (exact) mass is 314 g/mol. The van der Waals surface area contributed by atoms with E-state index in [1.54, 1.807) is 24.2 Å². The van der Waals surface area contributed by atoms with Gasteiger partial charge in [-0.3, -0.25) is 0 Å². The molecular weight excluding hydrogens is 299 g/mol. The van der Waals surface area contributed by atoms with E-state index in [0.29, 0.717) is 29.7 Å². The van der Waals surface area contributed by atoms with E-state index in [1.807, 2.05) is 12.1 Å². The van der Waals surface area contributed by atoms with Crippen molar-refractivity contribution in [3.05, 3.63) is 46.0 Å². The summed E-state index contributed by atoms with van der Waals surface area (Å²) < 4.78 is 6.72. The molecule has 1 aromatic carbocycles. The second-order valence-electron chi connectivity index (χ2n) is 4.28. The lowest BCUT2D eigenvalue weighted by Gasteiger charge is -2.03. The van der Waals surface area contributed by atoms with Crippen molar-refractivity contribution < 1.29 is 4.74 Å². The van der Waals surface area contributed by atoms with Gasteiger partial charge in [0, 0.05) is 13.7 Å². The number of nitrogens with zero attached hydrogens (tertiary/aromatic N) is 3. The largest absolute Gasteiger partial charge is 0.383 e. The van der Waals surface area contributed by atoms with Gasteiger partial charge in [-0.1, -0.05) is 29.3 Å². The van der Waals surface area contributed by atoms with Gasteiger partial charge < -0.3 is 10.1 Å². The van der Waals surface area contributed by atoms with Crippen molar-refractivity contribution in [3.8, 4) is 0 Å².